The summed E-state index contributed by atoms with van der Waals surface area (Å²) < 4.78 is 5.20. The fourth-order valence-electron chi connectivity index (χ4n) is 1.77. The largest absolute Gasteiger partial charge is 0.339 e. The number of hydrogen-bond acceptors (Lipinski definition) is 4. The van der Waals surface area contributed by atoms with Crippen LogP contribution in [0.1, 0.15) is 63.2 Å². The lowest BCUT2D eigenvalue weighted by molar-refractivity contribution is 0.355. The highest BCUT2D eigenvalue weighted by atomic mass is 16.5. The smallest absolute Gasteiger partial charge is 0.229 e. The van der Waals surface area contributed by atoms with E-state index in [0.29, 0.717) is 17.7 Å². The van der Waals surface area contributed by atoms with Gasteiger partial charge in [0.05, 0.1) is 6.04 Å². The first-order valence-electron chi connectivity index (χ1n) is 5.81. The van der Waals surface area contributed by atoms with Gasteiger partial charge in [-0.3, -0.25) is 0 Å². The molecule has 0 radical (unpaired) electrons. The SMILES string of the molecule is CCCC(C)C(N)c1noc(C2CC2)n1. The van der Waals surface area contributed by atoms with Crippen LogP contribution in [-0.2, 0) is 0 Å². The van der Waals surface area contributed by atoms with Crippen LogP contribution < -0.4 is 5.73 Å². The van der Waals surface area contributed by atoms with E-state index in [1.54, 1.807) is 0 Å². The Kier molecular flexibility index (Phi) is 3.05. The second-order valence-electron chi connectivity index (χ2n) is 4.56. The highest BCUT2D eigenvalue weighted by Gasteiger charge is 2.31. The molecule has 0 saturated heterocycles. The van der Waals surface area contributed by atoms with Crippen LogP contribution in [0.25, 0.3) is 0 Å². The van der Waals surface area contributed by atoms with Crippen molar-refractivity contribution in [3.63, 3.8) is 0 Å². The molecule has 2 rings (SSSR count). The Bertz CT molecular complexity index is 319. The molecule has 1 aromatic heterocycles. The molecule has 2 unspecified atom stereocenters. The van der Waals surface area contributed by atoms with Crippen molar-refractivity contribution in [3.05, 3.63) is 11.7 Å². The second-order valence-corrected chi connectivity index (χ2v) is 4.56. The minimum absolute atomic E-state index is 0.0822. The lowest BCUT2D eigenvalue weighted by Gasteiger charge is -2.14. The maximum atomic E-state index is 6.07. The number of aromatic nitrogens is 2. The van der Waals surface area contributed by atoms with E-state index in [1.165, 1.54) is 12.8 Å². The first kappa shape index (κ1) is 10.6. The zero-order valence-corrected chi connectivity index (χ0v) is 9.44. The van der Waals surface area contributed by atoms with Crippen molar-refractivity contribution in [2.24, 2.45) is 11.7 Å². The summed E-state index contributed by atoms with van der Waals surface area (Å²) >= 11 is 0. The van der Waals surface area contributed by atoms with E-state index in [0.717, 1.165) is 18.7 Å². The van der Waals surface area contributed by atoms with E-state index in [2.05, 4.69) is 24.0 Å². The van der Waals surface area contributed by atoms with Gasteiger partial charge in [0.25, 0.3) is 0 Å². The van der Waals surface area contributed by atoms with Crippen molar-refractivity contribution in [1.29, 1.82) is 0 Å². The molecular weight excluding hydrogens is 190 g/mol. The minimum Gasteiger partial charge on any atom is -0.339 e. The third kappa shape index (κ3) is 2.37. The summed E-state index contributed by atoms with van der Waals surface area (Å²) in [5.41, 5.74) is 6.07. The highest BCUT2D eigenvalue weighted by molar-refractivity contribution is 5.04. The molecule has 1 heterocycles. The zero-order chi connectivity index (χ0) is 10.8. The van der Waals surface area contributed by atoms with Crippen molar-refractivity contribution in [2.45, 2.75) is 51.5 Å². The molecule has 0 amide bonds. The molecule has 0 aliphatic heterocycles. The van der Waals surface area contributed by atoms with Gasteiger partial charge in [0, 0.05) is 5.92 Å². The molecule has 0 aromatic carbocycles. The van der Waals surface area contributed by atoms with Gasteiger partial charge in [-0.15, -0.1) is 0 Å². The van der Waals surface area contributed by atoms with Crippen LogP contribution in [0.2, 0.25) is 0 Å². The quantitative estimate of drug-likeness (QED) is 0.808. The maximum absolute atomic E-state index is 6.07. The van der Waals surface area contributed by atoms with Gasteiger partial charge in [-0.25, -0.2) is 0 Å². The molecule has 2 N–H and O–H groups in total. The summed E-state index contributed by atoms with van der Waals surface area (Å²) in [5.74, 6) is 2.39. The van der Waals surface area contributed by atoms with E-state index in [-0.39, 0.29) is 6.04 Å². The molecule has 2 atom stereocenters. The topological polar surface area (TPSA) is 64.9 Å². The Morgan fingerprint density at radius 2 is 2.27 bits per heavy atom. The summed E-state index contributed by atoms with van der Waals surface area (Å²) in [5, 5.41) is 3.97. The normalized spacial score (nSPS) is 20.2. The van der Waals surface area contributed by atoms with E-state index in [4.69, 9.17) is 10.3 Å². The van der Waals surface area contributed by atoms with Crippen LogP contribution >= 0.6 is 0 Å². The summed E-state index contributed by atoms with van der Waals surface area (Å²) in [7, 11) is 0. The molecule has 0 spiro atoms. The van der Waals surface area contributed by atoms with Gasteiger partial charge in [-0.05, 0) is 25.2 Å². The summed E-state index contributed by atoms with van der Waals surface area (Å²) in [4.78, 5) is 4.37. The van der Waals surface area contributed by atoms with Gasteiger partial charge >= 0.3 is 0 Å². The van der Waals surface area contributed by atoms with Gasteiger partial charge in [-0.1, -0.05) is 25.4 Å². The molecule has 4 nitrogen and oxygen atoms in total. The first-order chi connectivity index (χ1) is 7.22. The molecule has 1 aromatic rings. The predicted molar refractivity (Wildman–Crippen MR) is 57.3 cm³/mol. The molecular formula is C11H19N3O. The van der Waals surface area contributed by atoms with Crippen LogP contribution in [0.15, 0.2) is 4.52 Å². The lowest BCUT2D eigenvalue weighted by Crippen LogP contribution is -2.20. The first-order valence-corrected chi connectivity index (χ1v) is 5.81. The van der Waals surface area contributed by atoms with Gasteiger partial charge in [-0.2, -0.15) is 4.98 Å². The summed E-state index contributed by atoms with van der Waals surface area (Å²) in [6.07, 6.45) is 4.61. The Morgan fingerprint density at radius 3 is 2.87 bits per heavy atom. The van der Waals surface area contributed by atoms with Crippen molar-refractivity contribution in [1.82, 2.24) is 10.1 Å². The average molecular weight is 209 g/mol. The zero-order valence-electron chi connectivity index (χ0n) is 9.44. The molecule has 1 fully saturated rings. The number of hydrogen-bond donors (Lipinski definition) is 1. The lowest BCUT2D eigenvalue weighted by atomic mass is 9.97. The standard InChI is InChI=1S/C11H19N3O/c1-3-4-7(2)9(12)10-13-11(15-14-10)8-5-6-8/h7-9H,3-6,12H2,1-2H3. The number of rotatable bonds is 5. The molecule has 84 valence electrons. The van der Waals surface area contributed by atoms with E-state index < -0.39 is 0 Å². The molecule has 4 heteroatoms. The Morgan fingerprint density at radius 1 is 1.53 bits per heavy atom. The van der Waals surface area contributed by atoms with Crippen LogP contribution in [0.5, 0.6) is 0 Å². The van der Waals surface area contributed by atoms with E-state index in [1.807, 2.05) is 0 Å². The molecule has 1 saturated carbocycles. The molecule has 15 heavy (non-hydrogen) atoms. The number of nitrogens with zero attached hydrogens (tertiary/aromatic N) is 2. The third-order valence-corrected chi connectivity index (χ3v) is 3.04. The third-order valence-electron chi connectivity index (χ3n) is 3.04. The Balaban J connectivity index is 2.00. The second kappa shape index (κ2) is 4.31. The van der Waals surface area contributed by atoms with Gasteiger partial charge in [0.2, 0.25) is 5.89 Å². The van der Waals surface area contributed by atoms with Crippen molar-refractivity contribution >= 4 is 0 Å². The summed E-state index contributed by atoms with van der Waals surface area (Å²) in [6.45, 7) is 4.30. The van der Waals surface area contributed by atoms with Crippen LogP contribution in [0, 0.1) is 5.92 Å². The van der Waals surface area contributed by atoms with Gasteiger partial charge in [0.15, 0.2) is 5.82 Å². The molecule has 1 aliphatic rings. The van der Waals surface area contributed by atoms with Crippen LogP contribution in [0.4, 0.5) is 0 Å². The van der Waals surface area contributed by atoms with Crippen molar-refractivity contribution < 1.29 is 4.52 Å². The van der Waals surface area contributed by atoms with Crippen molar-refractivity contribution in [2.75, 3.05) is 0 Å². The number of nitrogens with two attached hydrogens (primary N) is 1. The van der Waals surface area contributed by atoms with Crippen LogP contribution in [0.3, 0.4) is 0 Å². The minimum atomic E-state index is -0.0822. The fraction of sp³-hybridized carbons (Fsp3) is 0.818. The van der Waals surface area contributed by atoms with E-state index >= 15 is 0 Å². The van der Waals surface area contributed by atoms with Gasteiger partial charge < -0.3 is 10.3 Å². The Hall–Kier alpha value is -0.900. The predicted octanol–water partition coefficient (Wildman–Crippen LogP) is 2.38. The summed E-state index contributed by atoms with van der Waals surface area (Å²) in [6, 6.07) is -0.0822. The average Bonchev–Trinajstić information content (AvgIpc) is 2.96. The molecule has 0 bridgehead atoms. The monoisotopic (exact) mass is 209 g/mol. The molecule has 1 aliphatic carbocycles. The maximum Gasteiger partial charge on any atom is 0.229 e. The highest BCUT2D eigenvalue weighted by Crippen LogP contribution is 2.39. The Labute approximate surface area is 90.2 Å². The van der Waals surface area contributed by atoms with E-state index in [9.17, 15) is 0 Å². The fourth-order valence-corrected chi connectivity index (χ4v) is 1.77. The van der Waals surface area contributed by atoms with Gasteiger partial charge in [0.1, 0.15) is 0 Å². The van der Waals surface area contributed by atoms with Crippen LogP contribution in [-0.4, -0.2) is 10.1 Å². The van der Waals surface area contributed by atoms with Crippen molar-refractivity contribution in [3.8, 4) is 0 Å².